The summed E-state index contributed by atoms with van der Waals surface area (Å²) >= 11 is 0. The second-order valence-electron chi connectivity index (χ2n) is 7.84. The lowest BCUT2D eigenvalue weighted by Crippen LogP contribution is -2.15. The van der Waals surface area contributed by atoms with Crippen molar-refractivity contribution in [3.8, 4) is 23.0 Å². The first-order chi connectivity index (χ1) is 15.8. The zero-order valence-corrected chi connectivity index (χ0v) is 19.3. The van der Waals surface area contributed by atoms with Gasteiger partial charge in [0.25, 0.3) is 0 Å². The van der Waals surface area contributed by atoms with Crippen LogP contribution in [0, 0.1) is 17.7 Å². The van der Waals surface area contributed by atoms with E-state index < -0.39 is 26.5 Å². The number of carboxylic acid groups (broad SMARTS) is 1. The fourth-order valence-electron chi connectivity index (χ4n) is 3.46. The molecule has 2 N–H and O–H groups in total. The summed E-state index contributed by atoms with van der Waals surface area (Å²) in [5, 5.41) is 19.2. The highest BCUT2D eigenvalue weighted by atomic mass is 31.1. The summed E-state index contributed by atoms with van der Waals surface area (Å²) in [5.41, 5.74) is 3.91. The fraction of sp³-hybridized carbons (Fsp3) is 0.280. The first kappa shape index (κ1) is 24.6. The summed E-state index contributed by atoms with van der Waals surface area (Å²) in [7, 11) is -2.64. The van der Waals surface area contributed by atoms with Gasteiger partial charge in [-0.25, -0.2) is 4.39 Å². The number of aromatic nitrogens is 1. The Morgan fingerprint density at radius 2 is 1.88 bits per heavy atom. The molecule has 2 atom stereocenters. The molecule has 0 saturated heterocycles. The summed E-state index contributed by atoms with van der Waals surface area (Å²) in [6.07, 6.45) is -1.97. The predicted octanol–water partition coefficient (Wildman–Crippen LogP) is 4.84. The van der Waals surface area contributed by atoms with Crippen molar-refractivity contribution >= 4 is 24.9 Å². The standard InChI is InChI=1S/C25H25FNO5P/c1-16(2)25-21(7-5-13-32-33(31)15-19(28)14-23(29)30)24(17-9-11-18(26)12-10-17)20-6-3-4-8-22(20)27-25/h3-4,6,8-12,16,19,28,33H,13-15H2,1-2H3,(H,29,30)/t19-/m0/s1. The summed E-state index contributed by atoms with van der Waals surface area (Å²) in [6, 6.07) is 13.9. The topological polar surface area (TPSA) is 96.7 Å². The van der Waals surface area contributed by atoms with E-state index in [-0.39, 0.29) is 24.5 Å². The van der Waals surface area contributed by atoms with Gasteiger partial charge in [-0.15, -0.1) is 0 Å². The maximum atomic E-state index is 13.6. The third kappa shape index (κ3) is 6.49. The average Bonchev–Trinajstić information content (AvgIpc) is 2.76. The Morgan fingerprint density at radius 3 is 2.55 bits per heavy atom. The van der Waals surface area contributed by atoms with Crippen LogP contribution in [0.4, 0.5) is 4.39 Å². The normalized spacial score (nSPS) is 12.9. The maximum Gasteiger partial charge on any atom is 0.305 e. The Kier molecular flexibility index (Phi) is 8.35. The summed E-state index contributed by atoms with van der Waals surface area (Å²) < 4.78 is 30.8. The minimum Gasteiger partial charge on any atom is -0.481 e. The Morgan fingerprint density at radius 1 is 1.18 bits per heavy atom. The number of hydrogen-bond donors (Lipinski definition) is 2. The number of halogens is 1. The van der Waals surface area contributed by atoms with Crippen molar-refractivity contribution in [2.75, 3.05) is 12.8 Å². The highest BCUT2D eigenvalue weighted by Gasteiger charge is 2.18. The molecule has 0 aliphatic heterocycles. The van der Waals surface area contributed by atoms with Crippen molar-refractivity contribution < 1.29 is 28.5 Å². The van der Waals surface area contributed by atoms with Gasteiger partial charge >= 0.3 is 5.97 Å². The van der Waals surface area contributed by atoms with E-state index in [2.05, 4.69) is 11.8 Å². The van der Waals surface area contributed by atoms with Gasteiger partial charge in [0.1, 0.15) is 12.4 Å². The van der Waals surface area contributed by atoms with Gasteiger partial charge in [-0.2, -0.15) is 0 Å². The van der Waals surface area contributed by atoms with Crippen molar-refractivity contribution in [2.45, 2.75) is 32.3 Å². The van der Waals surface area contributed by atoms with Crippen molar-refractivity contribution in [3.63, 3.8) is 0 Å². The van der Waals surface area contributed by atoms with Crippen LogP contribution in [0.5, 0.6) is 0 Å². The summed E-state index contributed by atoms with van der Waals surface area (Å²) in [5.74, 6) is 4.52. The van der Waals surface area contributed by atoms with Gasteiger partial charge in [-0.05, 0) is 29.7 Å². The van der Waals surface area contributed by atoms with Crippen molar-refractivity contribution in [1.82, 2.24) is 4.98 Å². The van der Waals surface area contributed by atoms with E-state index in [1.165, 1.54) is 12.1 Å². The molecular formula is C25H25FNO5P. The van der Waals surface area contributed by atoms with Crippen molar-refractivity contribution in [2.24, 2.45) is 0 Å². The quantitative estimate of drug-likeness (QED) is 0.362. The van der Waals surface area contributed by atoms with Crippen LogP contribution in [0.3, 0.4) is 0 Å². The molecule has 0 bridgehead atoms. The number of aliphatic hydroxyl groups excluding tert-OH is 1. The number of pyridine rings is 1. The molecule has 3 rings (SSSR count). The Balaban J connectivity index is 1.96. The van der Waals surface area contributed by atoms with E-state index in [0.717, 1.165) is 27.7 Å². The van der Waals surface area contributed by atoms with E-state index in [0.29, 0.717) is 5.56 Å². The lowest BCUT2D eigenvalue weighted by Gasteiger charge is -2.16. The Bertz CT molecular complexity index is 1230. The smallest absolute Gasteiger partial charge is 0.305 e. The molecule has 33 heavy (non-hydrogen) atoms. The molecule has 0 aliphatic rings. The maximum absolute atomic E-state index is 13.6. The number of benzene rings is 2. The molecule has 1 heterocycles. The van der Waals surface area contributed by atoms with Crippen LogP contribution in [-0.2, 0) is 13.9 Å². The predicted molar refractivity (Wildman–Crippen MR) is 126 cm³/mol. The van der Waals surface area contributed by atoms with Crippen LogP contribution in [-0.4, -0.2) is 40.0 Å². The molecule has 3 aromatic rings. The molecule has 0 saturated carbocycles. The third-order valence-electron chi connectivity index (χ3n) is 4.93. The fourth-order valence-corrected chi connectivity index (χ4v) is 4.34. The Labute approximate surface area is 192 Å². The molecule has 172 valence electrons. The van der Waals surface area contributed by atoms with Gasteiger partial charge in [0, 0.05) is 17.1 Å². The van der Waals surface area contributed by atoms with E-state index >= 15 is 0 Å². The van der Waals surface area contributed by atoms with Gasteiger partial charge in [-0.3, -0.25) is 14.3 Å². The zero-order valence-electron chi connectivity index (χ0n) is 18.3. The molecule has 0 spiro atoms. The molecule has 0 amide bonds. The SMILES string of the molecule is CC(C)c1nc2ccccc2c(-c2ccc(F)cc2)c1C#CCO[PH](=O)C[C@@H](O)CC(=O)O. The number of carbonyl (C=O) groups is 1. The van der Waals surface area contributed by atoms with Crippen LogP contribution in [0.25, 0.3) is 22.0 Å². The van der Waals surface area contributed by atoms with Crippen LogP contribution < -0.4 is 0 Å². The number of fused-ring (bicyclic) bond motifs is 1. The molecule has 2 aromatic carbocycles. The van der Waals surface area contributed by atoms with Gasteiger partial charge in [0.2, 0.25) is 0 Å². The minimum atomic E-state index is -2.64. The van der Waals surface area contributed by atoms with Gasteiger partial charge in [0.15, 0.2) is 8.03 Å². The molecule has 0 radical (unpaired) electrons. The first-order valence-corrected chi connectivity index (χ1v) is 12.0. The number of nitrogens with zero attached hydrogens (tertiary/aromatic N) is 1. The number of aliphatic hydroxyl groups is 1. The number of aliphatic carboxylic acids is 1. The van der Waals surface area contributed by atoms with Crippen molar-refractivity contribution in [3.05, 3.63) is 65.6 Å². The molecular weight excluding hydrogens is 444 g/mol. The number of hydrogen-bond acceptors (Lipinski definition) is 5. The van der Waals surface area contributed by atoms with Crippen LogP contribution in [0.15, 0.2) is 48.5 Å². The van der Waals surface area contributed by atoms with Crippen LogP contribution >= 0.6 is 8.03 Å². The molecule has 1 aromatic heterocycles. The average molecular weight is 469 g/mol. The van der Waals surface area contributed by atoms with E-state index in [1.807, 2.05) is 38.1 Å². The van der Waals surface area contributed by atoms with Gasteiger partial charge in [-0.1, -0.05) is 56.0 Å². The number of carboxylic acids is 1. The Hall–Kier alpha value is -3.04. The van der Waals surface area contributed by atoms with Gasteiger partial charge < -0.3 is 14.7 Å². The van der Waals surface area contributed by atoms with Crippen LogP contribution in [0.1, 0.15) is 37.4 Å². The first-order valence-electron chi connectivity index (χ1n) is 10.5. The zero-order chi connectivity index (χ0) is 24.0. The monoisotopic (exact) mass is 469 g/mol. The number of rotatable bonds is 8. The van der Waals surface area contributed by atoms with E-state index in [9.17, 15) is 18.9 Å². The lowest BCUT2D eigenvalue weighted by molar-refractivity contribution is -0.138. The molecule has 0 aliphatic carbocycles. The highest BCUT2D eigenvalue weighted by molar-refractivity contribution is 7.39. The van der Waals surface area contributed by atoms with Crippen LogP contribution in [0.2, 0.25) is 0 Å². The molecule has 0 fully saturated rings. The highest BCUT2D eigenvalue weighted by Crippen LogP contribution is 2.35. The second kappa shape index (κ2) is 11.2. The third-order valence-corrected chi connectivity index (χ3v) is 6.20. The van der Waals surface area contributed by atoms with E-state index in [4.69, 9.17) is 14.6 Å². The largest absolute Gasteiger partial charge is 0.481 e. The number of para-hydroxylation sites is 1. The van der Waals surface area contributed by atoms with Crippen molar-refractivity contribution in [1.29, 1.82) is 0 Å². The summed E-state index contributed by atoms with van der Waals surface area (Å²) in [4.78, 5) is 15.4. The van der Waals surface area contributed by atoms with E-state index in [1.54, 1.807) is 12.1 Å². The minimum absolute atomic E-state index is 0.0596. The lowest BCUT2D eigenvalue weighted by atomic mass is 9.91. The molecule has 8 heteroatoms. The van der Waals surface area contributed by atoms with Gasteiger partial charge in [0.05, 0.1) is 29.3 Å². The second-order valence-corrected chi connectivity index (χ2v) is 9.28. The molecule has 1 unspecified atom stereocenters. The molecule has 6 nitrogen and oxygen atoms in total. The summed E-state index contributed by atoms with van der Waals surface area (Å²) in [6.45, 7) is 3.87.